The minimum Gasteiger partial charge on any atom is -0.346 e. The summed E-state index contributed by atoms with van der Waals surface area (Å²) in [4.78, 5) is 25.2. The molecule has 2 aromatic heterocycles. The van der Waals surface area contributed by atoms with Gasteiger partial charge in [-0.1, -0.05) is 18.5 Å². The van der Waals surface area contributed by atoms with Crippen LogP contribution in [-0.2, 0) is 13.0 Å². The van der Waals surface area contributed by atoms with Crippen molar-refractivity contribution in [1.82, 2.24) is 20.3 Å². The lowest BCUT2D eigenvalue weighted by atomic mass is 10.3. The van der Waals surface area contributed by atoms with Crippen molar-refractivity contribution in [3.8, 4) is 0 Å². The summed E-state index contributed by atoms with van der Waals surface area (Å²) in [7, 11) is 0. The van der Waals surface area contributed by atoms with Gasteiger partial charge in [-0.15, -0.1) is 11.3 Å². The number of carbonyl (C=O) groups is 1. The fourth-order valence-corrected chi connectivity index (χ4v) is 2.45. The van der Waals surface area contributed by atoms with Crippen LogP contribution in [0.1, 0.15) is 33.0 Å². The molecule has 0 aromatic carbocycles. The van der Waals surface area contributed by atoms with Crippen LogP contribution < -0.4 is 5.32 Å². The zero-order valence-electron chi connectivity index (χ0n) is 10.6. The summed E-state index contributed by atoms with van der Waals surface area (Å²) < 4.78 is 0. The molecule has 0 saturated heterocycles. The molecule has 0 bridgehead atoms. The molecule has 0 fully saturated rings. The first-order chi connectivity index (χ1) is 9.10. The fourth-order valence-electron chi connectivity index (χ4n) is 1.49. The summed E-state index contributed by atoms with van der Waals surface area (Å²) in [5.74, 6) is -0.259. The van der Waals surface area contributed by atoms with Gasteiger partial charge in [0.1, 0.15) is 5.69 Å². The highest BCUT2D eigenvalue weighted by Gasteiger charge is 2.11. The van der Waals surface area contributed by atoms with E-state index in [2.05, 4.69) is 20.3 Å². The van der Waals surface area contributed by atoms with Gasteiger partial charge in [-0.05, 0) is 13.3 Å². The first kappa shape index (κ1) is 13.9. The number of nitrogens with one attached hydrogen (secondary N) is 1. The summed E-state index contributed by atoms with van der Waals surface area (Å²) >= 11 is 7.42. The van der Waals surface area contributed by atoms with E-state index in [9.17, 15) is 4.79 Å². The summed E-state index contributed by atoms with van der Waals surface area (Å²) in [5.41, 5.74) is 0.908. The average molecular weight is 297 g/mol. The van der Waals surface area contributed by atoms with Gasteiger partial charge in [0.15, 0.2) is 5.15 Å². The monoisotopic (exact) mass is 296 g/mol. The number of nitrogens with zero attached hydrogens (tertiary/aromatic N) is 3. The summed E-state index contributed by atoms with van der Waals surface area (Å²) in [6, 6.07) is 0. The van der Waals surface area contributed by atoms with Crippen molar-refractivity contribution >= 4 is 28.8 Å². The number of amides is 1. The van der Waals surface area contributed by atoms with Crippen molar-refractivity contribution < 1.29 is 4.79 Å². The standard InChI is InChI=1S/C12H13ClN4OS/c1-3-9-11(13)15-6-10(17-9)12(18)16-5-8-4-14-7(2)19-8/h4,6H,3,5H2,1-2H3,(H,16,18). The van der Waals surface area contributed by atoms with Crippen LogP contribution in [0.2, 0.25) is 5.15 Å². The molecule has 5 nitrogen and oxygen atoms in total. The highest BCUT2D eigenvalue weighted by Crippen LogP contribution is 2.12. The summed E-state index contributed by atoms with van der Waals surface area (Å²) in [5, 5.41) is 4.11. The second kappa shape index (κ2) is 6.08. The molecular formula is C12H13ClN4OS. The van der Waals surface area contributed by atoms with Crippen LogP contribution in [0.15, 0.2) is 12.4 Å². The number of thiazole rings is 1. The van der Waals surface area contributed by atoms with E-state index in [4.69, 9.17) is 11.6 Å². The molecule has 2 heterocycles. The molecular weight excluding hydrogens is 284 g/mol. The van der Waals surface area contributed by atoms with Crippen molar-refractivity contribution in [2.75, 3.05) is 0 Å². The molecule has 0 radical (unpaired) electrons. The number of aromatic nitrogens is 3. The zero-order valence-corrected chi connectivity index (χ0v) is 12.2. The Morgan fingerprint density at radius 1 is 1.42 bits per heavy atom. The normalized spacial score (nSPS) is 10.5. The Hall–Kier alpha value is -1.53. The number of aryl methyl sites for hydroxylation is 2. The molecule has 7 heteroatoms. The van der Waals surface area contributed by atoms with Crippen LogP contribution in [0.5, 0.6) is 0 Å². The third kappa shape index (κ3) is 3.48. The lowest BCUT2D eigenvalue weighted by Gasteiger charge is -2.05. The van der Waals surface area contributed by atoms with E-state index in [1.54, 1.807) is 17.5 Å². The Kier molecular flexibility index (Phi) is 4.44. The molecule has 100 valence electrons. The van der Waals surface area contributed by atoms with Crippen LogP contribution in [0.25, 0.3) is 0 Å². The van der Waals surface area contributed by atoms with Crippen LogP contribution in [0, 0.1) is 6.92 Å². The van der Waals surface area contributed by atoms with Gasteiger partial charge in [0, 0.05) is 11.1 Å². The number of hydrogen-bond acceptors (Lipinski definition) is 5. The van der Waals surface area contributed by atoms with E-state index in [0.29, 0.717) is 23.8 Å². The predicted molar refractivity (Wildman–Crippen MR) is 74.4 cm³/mol. The van der Waals surface area contributed by atoms with Gasteiger partial charge in [0.2, 0.25) is 0 Å². The van der Waals surface area contributed by atoms with Gasteiger partial charge in [0.25, 0.3) is 5.91 Å². The van der Waals surface area contributed by atoms with Crippen LogP contribution in [0.3, 0.4) is 0 Å². The molecule has 0 unspecified atom stereocenters. The largest absolute Gasteiger partial charge is 0.346 e. The number of hydrogen-bond donors (Lipinski definition) is 1. The smallest absolute Gasteiger partial charge is 0.271 e. The van der Waals surface area contributed by atoms with Gasteiger partial charge in [0.05, 0.1) is 23.4 Å². The summed E-state index contributed by atoms with van der Waals surface area (Å²) in [6.45, 7) is 4.28. The van der Waals surface area contributed by atoms with E-state index in [0.717, 1.165) is 9.88 Å². The van der Waals surface area contributed by atoms with Gasteiger partial charge >= 0.3 is 0 Å². The Morgan fingerprint density at radius 2 is 2.21 bits per heavy atom. The molecule has 0 spiro atoms. The molecule has 19 heavy (non-hydrogen) atoms. The predicted octanol–water partition coefficient (Wildman–Crippen LogP) is 2.39. The molecule has 0 atom stereocenters. The molecule has 2 aromatic rings. The maximum Gasteiger partial charge on any atom is 0.271 e. The topological polar surface area (TPSA) is 67.8 Å². The lowest BCUT2D eigenvalue weighted by Crippen LogP contribution is -2.24. The number of halogens is 1. The second-order valence-corrected chi connectivity index (χ2v) is 5.55. The maximum absolute atomic E-state index is 11.9. The number of rotatable bonds is 4. The quantitative estimate of drug-likeness (QED) is 0.940. The van der Waals surface area contributed by atoms with E-state index in [1.165, 1.54) is 6.20 Å². The maximum atomic E-state index is 11.9. The van der Waals surface area contributed by atoms with Crippen molar-refractivity contribution in [3.05, 3.63) is 38.8 Å². The van der Waals surface area contributed by atoms with Crippen molar-refractivity contribution in [1.29, 1.82) is 0 Å². The molecule has 1 amide bonds. The lowest BCUT2D eigenvalue weighted by molar-refractivity contribution is 0.0945. The highest BCUT2D eigenvalue weighted by atomic mass is 35.5. The third-order valence-electron chi connectivity index (χ3n) is 2.45. The molecule has 2 rings (SSSR count). The average Bonchev–Trinajstić information content (AvgIpc) is 2.82. The first-order valence-electron chi connectivity index (χ1n) is 5.81. The van der Waals surface area contributed by atoms with E-state index in [-0.39, 0.29) is 11.6 Å². The molecule has 0 aliphatic heterocycles. The Balaban J connectivity index is 2.03. The van der Waals surface area contributed by atoms with E-state index >= 15 is 0 Å². The van der Waals surface area contributed by atoms with Gasteiger partial charge in [-0.25, -0.2) is 15.0 Å². The van der Waals surface area contributed by atoms with E-state index < -0.39 is 0 Å². The Morgan fingerprint density at radius 3 is 2.84 bits per heavy atom. The van der Waals surface area contributed by atoms with Crippen molar-refractivity contribution in [2.24, 2.45) is 0 Å². The molecule has 0 aliphatic carbocycles. The summed E-state index contributed by atoms with van der Waals surface area (Å²) in [6.07, 6.45) is 3.78. The van der Waals surface area contributed by atoms with Gasteiger partial charge in [-0.2, -0.15) is 0 Å². The van der Waals surface area contributed by atoms with Crippen LogP contribution in [0.4, 0.5) is 0 Å². The Labute approximate surface area is 120 Å². The van der Waals surface area contributed by atoms with Gasteiger partial charge < -0.3 is 5.32 Å². The number of carbonyl (C=O) groups excluding carboxylic acids is 1. The van der Waals surface area contributed by atoms with Crippen LogP contribution in [-0.4, -0.2) is 20.9 Å². The third-order valence-corrected chi connectivity index (χ3v) is 3.68. The van der Waals surface area contributed by atoms with Gasteiger partial charge in [-0.3, -0.25) is 4.79 Å². The molecule has 0 aliphatic rings. The van der Waals surface area contributed by atoms with Crippen molar-refractivity contribution in [2.45, 2.75) is 26.8 Å². The zero-order chi connectivity index (χ0) is 13.8. The first-order valence-corrected chi connectivity index (χ1v) is 7.00. The van der Waals surface area contributed by atoms with E-state index in [1.807, 2.05) is 13.8 Å². The fraction of sp³-hybridized carbons (Fsp3) is 0.333. The molecule has 0 saturated carbocycles. The van der Waals surface area contributed by atoms with Crippen LogP contribution >= 0.6 is 22.9 Å². The Bertz CT molecular complexity index is 599. The van der Waals surface area contributed by atoms with Crippen molar-refractivity contribution in [3.63, 3.8) is 0 Å². The highest BCUT2D eigenvalue weighted by molar-refractivity contribution is 7.11. The SMILES string of the molecule is CCc1nc(C(=O)NCc2cnc(C)s2)cnc1Cl. The minimum absolute atomic E-state index is 0.259. The second-order valence-electron chi connectivity index (χ2n) is 3.87. The molecule has 1 N–H and O–H groups in total. The minimum atomic E-state index is -0.259.